The van der Waals surface area contributed by atoms with Gasteiger partial charge in [0.05, 0.1) is 0 Å². The average Bonchev–Trinajstić information content (AvgIpc) is 2.89. The first-order chi connectivity index (χ1) is 10.8. The van der Waals surface area contributed by atoms with Crippen molar-refractivity contribution in [3.05, 3.63) is 11.6 Å². The standard InChI is InChI=1S/C20H28O3/c1-19-8-3-4-15(19)13-6-5-12-10-17(21)14(18(22)23)11-20(12,2)16(13)7-9-19/h10,13-16H,3-9,11H2,1-2H3,(H,22,23)/t13-,14?,15-,16-,19-,20-/m0/s1. The molecule has 0 bridgehead atoms. The summed E-state index contributed by atoms with van der Waals surface area (Å²) in [5, 5.41) is 9.45. The zero-order chi connectivity index (χ0) is 16.4. The number of rotatable bonds is 1. The third-order valence-electron chi connectivity index (χ3n) is 8.10. The molecule has 23 heavy (non-hydrogen) atoms. The number of carbonyl (C=O) groups excluding carboxylic acids is 1. The molecule has 4 aliphatic carbocycles. The summed E-state index contributed by atoms with van der Waals surface area (Å²) in [4.78, 5) is 23.7. The van der Waals surface area contributed by atoms with Crippen molar-refractivity contribution >= 4 is 11.8 Å². The molecule has 6 atom stereocenters. The van der Waals surface area contributed by atoms with Crippen molar-refractivity contribution < 1.29 is 14.7 Å². The molecular weight excluding hydrogens is 288 g/mol. The van der Waals surface area contributed by atoms with Gasteiger partial charge in [0.25, 0.3) is 0 Å². The zero-order valence-corrected chi connectivity index (χ0v) is 14.3. The Labute approximate surface area is 138 Å². The van der Waals surface area contributed by atoms with E-state index in [1.807, 2.05) is 0 Å². The molecule has 0 saturated heterocycles. The molecule has 0 aromatic heterocycles. The van der Waals surface area contributed by atoms with Gasteiger partial charge in [0.1, 0.15) is 5.92 Å². The predicted molar refractivity (Wildman–Crippen MR) is 87.8 cm³/mol. The van der Waals surface area contributed by atoms with Crippen LogP contribution in [-0.4, -0.2) is 16.9 Å². The van der Waals surface area contributed by atoms with E-state index in [1.165, 1.54) is 44.1 Å². The van der Waals surface area contributed by atoms with Gasteiger partial charge >= 0.3 is 5.97 Å². The van der Waals surface area contributed by atoms with Gasteiger partial charge in [0.15, 0.2) is 5.78 Å². The second-order valence-corrected chi connectivity index (χ2v) is 9.08. The lowest BCUT2D eigenvalue weighted by Gasteiger charge is -2.57. The van der Waals surface area contributed by atoms with Crippen molar-refractivity contribution in [1.82, 2.24) is 0 Å². The van der Waals surface area contributed by atoms with E-state index >= 15 is 0 Å². The van der Waals surface area contributed by atoms with Crippen LogP contribution in [0.1, 0.15) is 65.2 Å². The van der Waals surface area contributed by atoms with Crippen LogP contribution in [0, 0.1) is 34.5 Å². The molecule has 0 aromatic rings. The number of hydrogen-bond acceptors (Lipinski definition) is 2. The molecule has 0 amide bonds. The molecule has 0 spiro atoms. The van der Waals surface area contributed by atoms with E-state index in [0.717, 1.165) is 18.3 Å². The molecule has 1 N–H and O–H groups in total. The summed E-state index contributed by atoms with van der Waals surface area (Å²) in [6.45, 7) is 4.74. The maximum atomic E-state index is 12.2. The number of aliphatic carboxylic acids is 1. The number of ketones is 1. The summed E-state index contributed by atoms with van der Waals surface area (Å²) in [6.07, 6.45) is 11.0. The third kappa shape index (κ3) is 2.08. The Balaban J connectivity index is 1.70. The van der Waals surface area contributed by atoms with Crippen molar-refractivity contribution in [2.24, 2.45) is 34.5 Å². The third-order valence-corrected chi connectivity index (χ3v) is 8.10. The lowest BCUT2D eigenvalue weighted by Crippen LogP contribution is -2.51. The smallest absolute Gasteiger partial charge is 0.314 e. The fourth-order valence-corrected chi connectivity index (χ4v) is 6.85. The molecule has 3 heteroatoms. The molecule has 0 heterocycles. The van der Waals surface area contributed by atoms with Gasteiger partial charge in [-0.3, -0.25) is 9.59 Å². The number of carbonyl (C=O) groups is 2. The van der Waals surface area contributed by atoms with E-state index < -0.39 is 11.9 Å². The topological polar surface area (TPSA) is 54.4 Å². The summed E-state index contributed by atoms with van der Waals surface area (Å²) >= 11 is 0. The van der Waals surface area contributed by atoms with Gasteiger partial charge in [0.2, 0.25) is 0 Å². The average molecular weight is 316 g/mol. The molecule has 0 aromatic carbocycles. The monoisotopic (exact) mass is 316 g/mol. The molecule has 3 nitrogen and oxygen atoms in total. The van der Waals surface area contributed by atoms with E-state index in [1.54, 1.807) is 6.08 Å². The van der Waals surface area contributed by atoms with Crippen molar-refractivity contribution in [3.8, 4) is 0 Å². The normalized spacial score (nSPS) is 49.0. The Bertz CT molecular complexity index is 592. The number of hydrogen-bond donors (Lipinski definition) is 1. The maximum absolute atomic E-state index is 12.2. The predicted octanol–water partition coefficient (Wildman–Crippen LogP) is 4.22. The number of carboxylic acid groups (broad SMARTS) is 1. The van der Waals surface area contributed by atoms with Gasteiger partial charge in [-0.25, -0.2) is 0 Å². The SMILES string of the molecule is C[C@@]12CCC[C@H]1[C@@H]1CCC3=CC(=O)C(C(=O)O)C[C@]3(C)[C@H]1CC2. The molecule has 0 aliphatic heterocycles. The zero-order valence-electron chi connectivity index (χ0n) is 14.3. The second kappa shape index (κ2) is 4.94. The Morgan fingerprint density at radius 1 is 1.17 bits per heavy atom. The quantitative estimate of drug-likeness (QED) is 0.737. The first-order valence-corrected chi connectivity index (χ1v) is 9.33. The highest BCUT2D eigenvalue weighted by molar-refractivity contribution is 6.05. The molecule has 4 aliphatic rings. The number of fused-ring (bicyclic) bond motifs is 5. The highest BCUT2D eigenvalue weighted by atomic mass is 16.4. The second-order valence-electron chi connectivity index (χ2n) is 9.08. The molecule has 126 valence electrons. The number of carboxylic acids is 1. The highest BCUT2D eigenvalue weighted by Gasteiger charge is 2.57. The minimum Gasteiger partial charge on any atom is -0.481 e. The van der Waals surface area contributed by atoms with Crippen molar-refractivity contribution in [1.29, 1.82) is 0 Å². The highest BCUT2D eigenvalue weighted by Crippen LogP contribution is 2.65. The molecule has 3 saturated carbocycles. The Morgan fingerprint density at radius 3 is 2.70 bits per heavy atom. The fraction of sp³-hybridized carbons (Fsp3) is 0.800. The van der Waals surface area contributed by atoms with Crippen molar-refractivity contribution in [2.45, 2.75) is 65.2 Å². The van der Waals surface area contributed by atoms with Gasteiger partial charge in [-0.2, -0.15) is 0 Å². The lowest BCUT2D eigenvalue weighted by molar-refractivity contribution is -0.148. The van der Waals surface area contributed by atoms with Crippen molar-refractivity contribution in [2.75, 3.05) is 0 Å². The minimum atomic E-state index is -0.935. The Kier molecular flexibility index (Phi) is 3.31. The maximum Gasteiger partial charge on any atom is 0.314 e. The molecule has 0 radical (unpaired) electrons. The van der Waals surface area contributed by atoms with Crippen LogP contribution < -0.4 is 0 Å². The van der Waals surface area contributed by atoms with Crippen LogP contribution in [0.15, 0.2) is 11.6 Å². The Hall–Kier alpha value is -1.12. The van der Waals surface area contributed by atoms with E-state index in [-0.39, 0.29) is 11.2 Å². The van der Waals surface area contributed by atoms with Crippen LogP contribution in [0.2, 0.25) is 0 Å². The first-order valence-electron chi connectivity index (χ1n) is 9.33. The summed E-state index contributed by atoms with van der Waals surface area (Å²) in [6, 6.07) is 0. The van der Waals surface area contributed by atoms with Crippen LogP contribution in [0.5, 0.6) is 0 Å². The van der Waals surface area contributed by atoms with Crippen LogP contribution in [-0.2, 0) is 9.59 Å². The van der Waals surface area contributed by atoms with Gasteiger partial charge in [-0.05, 0) is 79.6 Å². The molecule has 1 unspecified atom stereocenters. The van der Waals surface area contributed by atoms with E-state index in [2.05, 4.69) is 13.8 Å². The largest absolute Gasteiger partial charge is 0.481 e. The first kappa shape index (κ1) is 15.4. The summed E-state index contributed by atoms with van der Waals surface area (Å²) in [5.41, 5.74) is 1.71. The van der Waals surface area contributed by atoms with Gasteiger partial charge in [-0.15, -0.1) is 0 Å². The summed E-state index contributed by atoms with van der Waals surface area (Å²) in [5.74, 6) is 0.203. The lowest BCUT2D eigenvalue weighted by atomic mass is 9.47. The molecular formula is C20H28O3. The van der Waals surface area contributed by atoms with Crippen molar-refractivity contribution in [3.63, 3.8) is 0 Å². The minimum absolute atomic E-state index is 0.0657. The molecule has 3 fully saturated rings. The van der Waals surface area contributed by atoms with Crippen LogP contribution in [0.25, 0.3) is 0 Å². The summed E-state index contributed by atoms with van der Waals surface area (Å²) < 4.78 is 0. The Morgan fingerprint density at radius 2 is 1.96 bits per heavy atom. The van der Waals surface area contributed by atoms with Gasteiger partial charge < -0.3 is 5.11 Å². The molecule has 4 rings (SSSR count). The van der Waals surface area contributed by atoms with E-state index in [4.69, 9.17) is 0 Å². The van der Waals surface area contributed by atoms with Crippen LogP contribution in [0.4, 0.5) is 0 Å². The number of allylic oxidation sites excluding steroid dienone is 1. The van der Waals surface area contributed by atoms with Gasteiger partial charge in [-0.1, -0.05) is 25.8 Å². The van der Waals surface area contributed by atoms with Crippen LogP contribution in [0.3, 0.4) is 0 Å². The van der Waals surface area contributed by atoms with E-state index in [9.17, 15) is 14.7 Å². The van der Waals surface area contributed by atoms with Gasteiger partial charge in [0, 0.05) is 0 Å². The fourth-order valence-electron chi connectivity index (χ4n) is 6.85. The van der Waals surface area contributed by atoms with Crippen LogP contribution >= 0.6 is 0 Å². The summed E-state index contributed by atoms with van der Waals surface area (Å²) in [7, 11) is 0. The van der Waals surface area contributed by atoms with E-state index in [0.29, 0.717) is 17.8 Å².